The highest BCUT2D eigenvalue weighted by Gasteiger charge is 2.18. The number of hydrogen-bond donors (Lipinski definition) is 2. The van der Waals surface area contributed by atoms with Gasteiger partial charge in [0.2, 0.25) is 0 Å². The first-order chi connectivity index (χ1) is 9.16. The molecule has 0 radical (unpaired) electrons. The normalized spacial score (nSPS) is 12.8. The highest BCUT2D eigenvalue weighted by atomic mass is 19.1. The van der Waals surface area contributed by atoms with Gasteiger partial charge in [-0.15, -0.1) is 0 Å². The van der Waals surface area contributed by atoms with E-state index in [1.165, 1.54) is 12.1 Å². The van der Waals surface area contributed by atoms with E-state index in [0.717, 1.165) is 22.2 Å². The van der Waals surface area contributed by atoms with Crippen molar-refractivity contribution in [2.75, 3.05) is 0 Å². The van der Waals surface area contributed by atoms with Gasteiger partial charge in [-0.25, -0.2) is 4.39 Å². The van der Waals surface area contributed by atoms with Crippen LogP contribution in [0, 0.1) is 12.7 Å². The summed E-state index contributed by atoms with van der Waals surface area (Å²) in [5, 5.41) is 11.5. The number of fused-ring (bicyclic) bond motifs is 1. The predicted molar refractivity (Wildman–Crippen MR) is 73.5 cm³/mol. The molecule has 3 aromatic rings. The van der Waals surface area contributed by atoms with Gasteiger partial charge in [-0.3, -0.25) is 0 Å². The number of benzene rings is 2. The van der Waals surface area contributed by atoms with Crippen LogP contribution in [0.2, 0.25) is 0 Å². The van der Waals surface area contributed by atoms with E-state index < -0.39 is 6.10 Å². The van der Waals surface area contributed by atoms with Crippen molar-refractivity contribution in [3.8, 4) is 0 Å². The third kappa shape index (κ3) is 2.02. The Labute approximate surface area is 110 Å². The molecule has 0 aliphatic rings. The van der Waals surface area contributed by atoms with Crippen LogP contribution in [0.5, 0.6) is 0 Å². The maximum Gasteiger partial charge on any atom is 0.123 e. The summed E-state index contributed by atoms with van der Waals surface area (Å²) in [5.74, 6) is -0.299. The Morgan fingerprint density at radius 1 is 1.05 bits per heavy atom. The topological polar surface area (TPSA) is 36.0 Å². The van der Waals surface area contributed by atoms with Gasteiger partial charge in [-0.2, -0.15) is 0 Å². The summed E-state index contributed by atoms with van der Waals surface area (Å²) < 4.78 is 12.9. The maximum absolute atomic E-state index is 12.9. The molecule has 1 aromatic heterocycles. The van der Waals surface area contributed by atoms with Gasteiger partial charge in [0.1, 0.15) is 11.9 Å². The minimum Gasteiger partial charge on any atom is -0.384 e. The van der Waals surface area contributed by atoms with Gasteiger partial charge < -0.3 is 10.1 Å². The summed E-state index contributed by atoms with van der Waals surface area (Å²) >= 11 is 0. The van der Waals surface area contributed by atoms with E-state index in [2.05, 4.69) is 4.98 Å². The standard InChI is InChI=1S/C16H14FNO/c1-10-15(13-4-2-3-5-14(13)18-10)16(19)11-6-8-12(17)9-7-11/h2-9,16,18-19H,1H3. The third-order valence-electron chi connectivity index (χ3n) is 3.40. The fourth-order valence-corrected chi connectivity index (χ4v) is 2.46. The molecule has 3 rings (SSSR count). The van der Waals surface area contributed by atoms with Crippen molar-refractivity contribution >= 4 is 10.9 Å². The molecule has 19 heavy (non-hydrogen) atoms. The molecule has 0 spiro atoms. The van der Waals surface area contributed by atoms with Crippen LogP contribution in [0.15, 0.2) is 48.5 Å². The van der Waals surface area contributed by atoms with Gasteiger partial charge in [0, 0.05) is 22.2 Å². The van der Waals surface area contributed by atoms with Gasteiger partial charge >= 0.3 is 0 Å². The number of aryl methyl sites for hydroxylation is 1. The number of aliphatic hydroxyl groups excluding tert-OH is 1. The zero-order valence-corrected chi connectivity index (χ0v) is 10.5. The van der Waals surface area contributed by atoms with Crippen molar-refractivity contribution in [3.63, 3.8) is 0 Å². The fraction of sp³-hybridized carbons (Fsp3) is 0.125. The van der Waals surface area contributed by atoms with Crippen LogP contribution in [-0.2, 0) is 0 Å². The van der Waals surface area contributed by atoms with E-state index in [1.54, 1.807) is 12.1 Å². The molecule has 2 N–H and O–H groups in total. The van der Waals surface area contributed by atoms with Crippen LogP contribution in [0.4, 0.5) is 4.39 Å². The third-order valence-corrected chi connectivity index (χ3v) is 3.40. The predicted octanol–water partition coefficient (Wildman–Crippen LogP) is 3.70. The molecular weight excluding hydrogens is 241 g/mol. The summed E-state index contributed by atoms with van der Waals surface area (Å²) in [6, 6.07) is 13.8. The average Bonchev–Trinajstić information content (AvgIpc) is 2.74. The second kappa shape index (κ2) is 4.52. The van der Waals surface area contributed by atoms with Crippen molar-refractivity contribution < 1.29 is 9.50 Å². The van der Waals surface area contributed by atoms with Crippen LogP contribution in [0.25, 0.3) is 10.9 Å². The number of para-hydroxylation sites is 1. The zero-order valence-electron chi connectivity index (χ0n) is 10.5. The Morgan fingerprint density at radius 2 is 1.74 bits per heavy atom. The highest BCUT2D eigenvalue weighted by Crippen LogP contribution is 2.31. The summed E-state index contributed by atoms with van der Waals surface area (Å²) in [5.41, 5.74) is 3.46. The number of aliphatic hydroxyl groups is 1. The Kier molecular flexibility index (Phi) is 2.84. The number of aromatic amines is 1. The average molecular weight is 255 g/mol. The van der Waals surface area contributed by atoms with E-state index in [9.17, 15) is 9.50 Å². The number of aromatic nitrogens is 1. The van der Waals surface area contributed by atoms with Crippen molar-refractivity contribution in [2.45, 2.75) is 13.0 Å². The molecule has 0 aliphatic carbocycles. The molecule has 3 heteroatoms. The molecule has 2 aromatic carbocycles. The van der Waals surface area contributed by atoms with Crippen molar-refractivity contribution in [3.05, 3.63) is 71.2 Å². The van der Waals surface area contributed by atoms with E-state index in [4.69, 9.17) is 0 Å². The van der Waals surface area contributed by atoms with Crippen LogP contribution in [0.3, 0.4) is 0 Å². The summed E-state index contributed by atoms with van der Waals surface area (Å²) in [7, 11) is 0. The Morgan fingerprint density at radius 3 is 2.47 bits per heavy atom. The lowest BCUT2D eigenvalue weighted by atomic mass is 9.99. The van der Waals surface area contributed by atoms with Gasteiger partial charge in [0.25, 0.3) is 0 Å². The van der Waals surface area contributed by atoms with Crippen LogP contribution in [-0.4, -0.2) is 10.1 Å². The molecule has 0 amide bonds. The van der Waals surface area contributed by atoms with Gasteiger partial charge in [-0.1, -0.05) is 30.3 Å². The van der Waals surface area contributed by atoms with Crippen LogP contribution in [0.1, 0.15) is 22.9 Å². The molecule has 0 saturated carbocycles. The molecule has 0 saturated heterocycles. The SMILES string of the molecule is Cc1[nH]c2ccccc2c1C(O)c1ccc(F)cc1. The summed E-state index contributed by atoms with van der Waals surface area (Å²) in [4.78, 5) is 3.26. The molecule has 1 heterocycles. The number of halogens is 1. The highest BCUT2D eigenvalue weighted by molar-refractivity contribution is 5.85. The number of nitrogens with one attached hydrogen (secondary N) is 1. The quantitative estimate of drug-likeness (QED) is 0.719. The summed E-state index contributed by atoms with van der Waals surface area (Å²) in [6.07, 6.45) is -0.753. The molecule has 0 bridgehead atoms. The zero-order chi connectivity index (χ0) is 13.4. The monoisotopic (exact) mass is 255 g/mol. The Hall–Kier alpha value is -2.13. The first kappa shape index (κ1) is 11.9. The maximum atomic E-state index is 12.9. The minimum atomic E-state index is -0.753. The number of rotatable bonds is 2. The van der Waals surface area contributed by atoms with E-state index in [1.807, 2.05) is 31.2 Å². The van der Waals surface area contributed by atoms with Crippen molar-refractivity contribution in [1.82, 2.24) is 4.98 Å². The second-order valence-electron chi connectivity index (χ2n) is 4.66. The van der Waals surface area contributed by atoms with E-state index in [-0.39, 0.29) is 5.82 Å². The van der Waals surface area contributed by atoms with Gasteiger partial charge in [0.15, 0.2) is 0 Å². The largest absolute Gasteiger partial charge is 0.384 e. The number of H-pyrrole nitrogens is 1. The summed E-state index contributed by atoms with van der Waals surface area (Å²) in [6.45, 7) is 1.93. The molecule has 1 atom stereocenters. The van der Waals surface area contributed by atoms with Crippen LogP contribution >= 0.6 is 0 Å². The van der Waals surface area contributed by atoms with Gasteiger partial charge in [-0.05, 0) is 30.7 Å². The van der Waals surface area contributed by atoms with Crippen molar-refractivity contribution in [2.24, 2.45) is 0 Å². The van der Waals surface area contributed by atoms with Gasteiger partial charge in [0.05, 0.1) is 0 Å². The first-order valence-corrected chi connectivity index (χ1v) is 6.17. The smallest absolute Gasteiger partial charge is 0.123 e. The second-order valence-corrected chi connectivity index (χ2v) is 4.66. The van der Waals surface area contributed by atoms with E-state index >= 15 is 0 Å². The van der Waals surface area contributed by atoms with Crippen molar-refractivity contribution in [1.29, 1.82) is 0 Å². The fourth-order valence-electron chi connectivity index (χ4n) is 2.46. The first-order valence-electron chi connectivity index (χ1n) is 6.17. The lowest BCUT2D eigenvalue weighted by Gasteiger charge is -2.11. The van der Waals surface area contributed by atoms with Crippen LogP contribution < -0.4 is 0 Å². The molecule has 1 unspecified atom stereocenters. The molecular formula is C16H14FNO. The lowest BCUT2D eigenvalue weighted by molar-refractivity contribution is 0.221. The molecule has 96 valence electrons. The Balaban J connectivity index is 2.13. The molecule has 0 aliphatic heterocycles. The molecule has 2 nitrogen and oxygen atoms in total. The Bertz CT molecular complexity index is 715. The minimum absolute atomic E-state index is 0.299. The number of hydrogen-bond acceptors (Lipinski definition) is 1. The molecule has 0 fully saturated rings. The van der Waals surface area contributed by atoms with E-state index in [0.29, 0.717) is 5.56 Å². The lowest BCUT2D eigenvalue weighted by Crippen LogP contribution is -2.00.